The van der Waals surface area contributed by atoms with Gasteiger partial charge in [0.05, 0.1) is 5.69 Å². The summed E-state index contributed by atoms with van der Waals surface area (Å²) in [5.41, 5.74) is 3.81. The van der Waals surface area contributed by atoms with Gasteiger partial charge in [0, 0.05) is 18.2 Å². The standard InChI is InChI=1S/C28H34N2O3S2/c1-20(16-22-8-4-3-5-9-22)29-19-26-14-13-25(24-11-6-10-23(17-24)21(2)31)18-27(26)30-35(32,33)28-12-7-15-34-28/h6-7,10-15,17-18,20,22,29-30H,3-5,8-9,16,19H2,1-2H3/t20-/m0/s1. The lowest BCUT2D eigenvalue weighted by atomic mass is 9.85. The first kappa shape index (κ1) is 25.6. The van der Waals surface area contributed by atoms with Crippen molar-refractivity contribution < 1.29 is 13.2 Å². The van der Waals surface area contributed by atoms with Crippen LogP contribution in [0.2, 0.25) is 0 Å². The second-order valence-corrected chi connectivity index (χ2v) is 12.4. The topological polar surface area (TPSA) is 75.3 Å². The van der Waals surface area contributed by atoms with Crippen molar-refractivity contribution in [1.82, 2.24) is 5.32 Å². The summed E-state index contributed by atoms with van der Waals surface area (Å²) >= 11 is 1.19. The van der Waals surface area contributed by atoms with Crippen molar-refractivity contribution in [3.8, 4) is 11.1 Å². The number of Topliss-reactive ketones (excluding diaryl/α,β-unsaturated/α-hetero) is 1. The number of nitrogens with one attached hydrogen (secondary N) is 2. The number of hydrogen-bond acceptors (Lipinski definition) is 5. The van der Waals surface area contributed by atoms with E-state index in [9.17, 15) is 13.2 Å². The molecule has 0 aliphatic heterocycles. The molecule has 7 heteroatoms. The van der Waals surface area contributed by atoms with Crippen LogP contribution in [0.1, 0.15) is 68.3 Å². The number of anilines is 1. The van der Waals surface area contributed by atoms with Crippen LogP contribution in [0.4, 0.5) is 5.69 Å². The van der Waals surface area contributed by atoms with E-state index in [2.05, 4.69) is 17.0 Å². The molecule has 2 N–H and O–H groups in total. The summed E-state index contributed by atoms with van der Waals surface area (Å²) in [7, 11) is -3.69. The predicted octanol–water partition coefficient (Wildman–Crippen LogP) is 6.87. The van der Waals surface area contributed by atoms with Gasteiger partial charge in [-0.1, -0.05) is 68.5 Å². The lowest BCUT2D eigenvalue weighted by molar-refractivity contribution is 0.101. The van der Waals surface area contributed by atoms with E-state index in [0.717, 1.165) is 29.0 Å². The molecule has 35 heavy (non-hydrogen) atoms. The number of benzene rings is 2. The highest BCUT2D eigenvalue weighted by Gasteiger charge is 2.19. The predicted molar refractivity (Wildman–Crippen MR) is 145 cm³/mol. The SMILES string of the molecule is CC(=O)c1cccc(-c2ccc(CN[C@@H](C)CC3CCCCC3)c(NS(=O)(=O)c3cccs3)c2)c1. The van der Waals surface area contributed by atoms with E-state index in [0.29, 0.717) is 23.8 Å². The minimum Gasteiger partial charge on any atom is -0.310 e. The van der Waals surface area contributed by atoms with Crippen LogP contribution in [0, 0.1) is 5.92 Å². The molecular weight excluding hydrogens is 476 g/mol. The third-order valence-electron chi connectivity index (χ3n) is 6.77. The van der Waals surface area contributed by atoms with Crippen LogP contribution in [-0.2, 0) is 16.6 Å². The number of thiophene rings is 1. The molecule has 2 aromatic carbocycles. The summed E-state index contributed by atoms with van der Waals surface area (Å²) in [4.78, 5) is 11.9. The molecule has 5 nitrogen and oxygen atoms in total. The minimum atomic E-state index is -3.69. The average molecular weight is 511 g/mol. The first-order valence-corrected chi connectivity index (χ1v) is 14.7. The zero-order valence-electron chi connectivity index (χ0n) is 20.4. The fraction of sp³-hybridized carbons (Fsp3) is 0.393. The fourth-order valence-corrected chi connectivity index (χ4v) is 6.91. The smallest absolute Gasteiger partial charge is 0.271 e. The largest absolute Gasteiger partial charge is 0.310 e. The summed E-state index contributed by atoms with van der Waals surface area (Å²) in [6.07, 6.45) is 7.79. The maximum Gasteiger partial charge on any atom is 0.271 e. The molecule has 0 unspecified atom stereocenters. The van der Waals surface area contributed by atoms with Crippen LogP contribution in [0.3, 0.4) is 0 Å². The molecule has 0 bridgehead atoms. The Morgan fingerprint density at radius 2 is 1.80 bits per heavy atom. The fourth-order valence-electron chi connectivity index (χ4n) is 4.82. The normalized spacial score (nSPS) is 15.6. The van der Waals surface area contributed by atoms with Crippen LogP contribution in [0.15, 0.2) is 64.2 Å². The molecule has 3 aromatic rings. The van der Waals surface area contributed by atoms with Crippen molar-refractivity contribution in [2.75, 3.05) is 4.72 Å². The maximum atomic E-state index is 13.0. The molecule has 1 aromatic heterocycles. The number of carbonyl (C=O) groups excluding carboxylic acids is 1. The third kappa shape index (κ3) is 6.81. The molecule has 0 saturated heterocycles. The molecule has 0 radical (unpaired) electrons. The van der Waals surface area contributed by atoms with Gasteiger partial charge in [0.2, 0.25) is 0 Å². The monoisotopic (exact) mass is 510 g/mol. The molecule has 1 saturated carbocycles. The van der Waals surface area contributed by atoms with Crippen LogP contribution in [0.25, 0.3) is 11.1 Å². The van der Waals surface area contributed by atoms with E-state index in [4.69, 9.17) is 0 Å². The summed E-state index contributed by atoms with van der Waals surface area (Å²) < 4.78 is 29.2. The van der Waals surface area contributed by atoms with Gasteiger partial charge in [-0.2, -0.15) is 0 Å². The van der Waals surface area contributed by atoms with Crippen LogP contribution < -0.4 is 10.0 Å². The van der Waals surface area contributed by atoms with Gasteiger partial charge in [-0.3, -0.25) is 9.52 Å². The third-order valence-corrected chi connectivity index (χ3v) is 9.53. The average Bonchev–Trinajstić information content (AvgIpc) is 3.40. The van der Waals surface area contributed by atoms with Crippen LogP contribution in [-0.4, -0.2) is 20.2 Å². The van der Waals surface area contributed by atoms with Gasteiger partial charge in [0.15, 0.2) is 5.78 Å². The molecular formula is C28H34N2O3S2. The van der Waals surface area contributed by atoms with Gasteiger partial charge in [-0.05, 0) is 66.5 Å². The van der Waals surface area contributed by atoms with E-state index in [1.54, 1.807) is 30.5 Å². The molecule has 1 heterocycles. The lowest BCUT2D eigenvalue weighted by Crippen LogP contribution is -2.29. The first-order valence-electron chi connectivity index (χ1n) is 12.4. The molecule has 0 amide bonds. The highest BCUT2D eigenvalue weighted by atomic mass is 32.2. The Labute approximate surface area is 213 Å². The summed E-state index contributed by atoms with van der Waals surface area (Å²) in [6.45, 7) is 4.33. The molecule has 1 aliphatic carbocycles. The van der Waals surface area contributed by atoms with Crippen molar-refractivity contribution in [3.63, 3.8) is 0 Å². The second-order valence-electron chi connectivity index (χ2n) is 9.57. The highest BCUT2D eigenvalue weighted by molar-refractivity contribution is 7.94. The molecule has 1 atom stereocenters. The maximum absolute atomic E-state index is 13.0. The van der Waals surface area contributed by atoms with Crippen LogP contribution in [0.5, 0.6) is 0 Å². The van der Waals surface area contributed by atoms with E-state index < -0.39 is 10.0 Å². The van der Waals surface area contributed by atoms with Gasteiger partial charge in [-0.25, -0.2) is 8.42 Å². The molecule has 4 rings (SSSR count). The number of sulfonamides is 1. The minimum absolute atomic E-state index is 0.00162. The summed E-state index contributed by atoms with van der Waals surface area (Å²) in [5, 5.41) is 5.37. The van der Waals surface area contributed by atoms with E-state index >= 15 is 0 Å². The quantitative estimate of drug-likeness (QED) is 0.292. The Morgan fingerprint density at radius 3 is 2.51 bits per heavy atom. The Kier molecular flexibility index (Phi) is 8.42. The number of carbonyl (C=O) groups is 1. The van der Waals surface area contributed by atoms with Crippen molar-refractivity contribution in [2.24, 2.45) is 5.92 Å². The van der Waals surface area contributed by atoms with Crippen molar-refractivity contribution in [2.45, 2.75) is 69.2 Å². The molecule has 1 aliphatic rings. The van der Waals surface area contributed by atoms with E-state index in [-0.39, 0.29) is 9.99 Å². The highest BCUT2D eigenvalue weighted by Crippen LogP contribution is 2.30. The zero-order valence-corrected chi connectivity index (χ0v) is 22.1. The van der Waals surface area contributed by atoms with Gasteiger partial charge in [0.25, 0.3) is 10.0 Å². The van der Waals surface area contributed by atoms with E-state index in [1.807, 2.05) is 36.4 Å². The number of ketones is 1. The van der Waals surface area contributed by atoms with Gasteiger partial charge < -0.3 is 5.32 Å². The number of rotatable bonds is 10. The molecule has 186 valence electrons. The van der Waals surface area contributed by atoms with Gasteiger partial charge in [0.1, 0.15) is 4.21 Å². The Bertz CT molecular complexity index is 1250. The van der Waals surface area contributed by atoms with Crippen molar-refractivity contribution in [1.29, 1.82) is 0 Å². The Hall–Kier alpha value is -2.48. The zero-order chi connectivity index (χ0) is 24.8. The second kappa shape index (κ2) is 11.5. The van der Waals surface area contributed by atoms with Crippen LogP contribution >= 0.6 is 11.3 Å². The van der Waals surface area contributed by atoms with Crippen molar-refractivity contribution in [3.05, 3.63) is 71.1 Å². The van der Waals surface area contributed by atoms with Gasteiger partial charge >= 0.3 is 0 Å². The van der Waals surface area contributed by atoms with Crippen molar-refractivity contribution >= 4 is 32.8 Å². The van der Waals surface area contributed by atoms with E-state index in [1.165, 1.54) is 43.4 Å². The molecule has 1 fully saturated rings. The Morgan fingerprint density at radius 1 is 1.03 bits per heavy atom. The summed E-state index contributed by atoms with van der Waals surface area (Å²) in [6, 6.07) is 17.0. The first-order chi connectivity index (χ1) is 16.8. The Balaban J connectivity index is 1.58. The number of hydrogen-bond donors (Lipinski definition) is 2. The summed E-state index contributed by atoms with van der Waals surface area (Å²) in [5.74, 6) is 0.775. The molecule has 0 spiro atoms. The van der Waals surface area contributed by atoms with Gasteiger partial charge in [-0.15, -0.1) is 11.3 Å². The lowest BCUT2D eigenvalue weighted by Gasteiger charge is -2.25.